The van der Waals surface area contributed by atoms with Crippen molar-refractivity contribution in [3.8, 4) is 0 Å². The van der Waals surface area contributed by atoms with Gasteiger partial charge >= 0.3 is 0 Å². The first-order chi connectivity index (χ1) is 8.99. The van der Waals surface area contributed by atoms with Gasteiger partial charge in [0.2, 0.25) is 0 Å². The maximum Gasteiger partial charge on any atom is 0.264 e. The summed E-state index contributed by atoms with van der Waals surface area (Å²) in [5.74, 6) is -1.89. The number of hydrogen-bond donors (Lipinski definition) is 0. The summed E-state index contributed by atoms with van der Waals surface area (Å²) >= 11 is 1.38. The van der Waals surface area contributed by atoms with Crippen molar-refractivity contribution in [3.05, 3.63) is 57.3 Å². The minimum atomic E-state index is -0.898. The Hall–Kier alpha value is -1.75. The normalized spacial score (nSPS) is 10.5. The van der Waals surface area contributed by atoms with E-state index >= 15 is 0 Å². The van der Waals surface area contributed by atoms with Gasteiger partial charge in [-0.3, -0.25) is 4.79 Å². The van der Waals surface area contributed by atoms with E-state index in [4.69, 9.17) is 0 Å². The molecular formula is C14H13F2NOS. The fourth-order valence-corrected chi connectivity index (χ4v) is 2.67. The summed E-state index contributed by atoms with van der Waals surface area (Å²) in [7, 11) is 1.64. The van der Waals surface area contributed by atoms with Gasteiger partial charge < -0.3 is 4.90 Å². The summed E-state index contributed by atoms with van der Waals surface area (Å²) in [5.41, 5.74) is 1.48. The van der Waals surface area contributed by atoms with Crippen LogP contribution in [-0.4, -0.2) is 17.9 Å². The molecule has 19 heavy (non-hydrogen) atoms. The highest BCUT2D eigenvalue weighted by Crippen LogP contribution is 2.19. The van der Waals surface area contributed by atoms with Crippen LogP contribution in [0.4, 0.5) is 8.78 Å². The fourth-order valence-electron chi connectivity index (χ4n) is 1.75. The summed E-state index contributed by atoms with van der Waals surface area (Å²) in [6.45, 7) is 2.11. The standard InChI is InChI=1S/C14H13F2NOS/c1-9-5-6-19-13(9)14(18)17(2)8-10-3-4-11(15)12(16)7-10/h3-7H,8H2,1-2H3. The van der Waals surface area contributed by atoms with Crippen LogP contribution in [0.15, 0.2) is 29.6 Å². The van der Waals surface area contributed by atoms with Gasteiger partial charge in [-0.2, -0.15) is 0 Å². The monoisotopic (exact) mass is 281 g/mol. The largest absolute Gasteiger partial charge is 0.337 e. The van der Waals surface area contributed by atoms with E-state index in [1.807, 2.05) is 18.4 Å². The summed E-state index contributed by atoms with van der Waals surface area (Å²) in [5, 5.41) is 1.86. The van der Waals surface area contributed by atoms with Crippen LogP contribution in [0.2, 0.25) is 0 Å². The molecule has 0 radical (unpaired) electrons. The first kappa shape index (κ1) is 13.7. The lowest BCUT2D eigenvalue weighted by molar-refractivity contribution is 0.0789. The highest BCUT2D eigenvalue weighted by Gasteiger charge is 2.16. The predicted molar refractivity (Wildman–Crippen MR) is 71.2 cm³/mol. The molecule has 1 aromatic carbocycles. The molecule has 100 valence electrons. The zero-order valence-electron chi connectivity index (χ0n) is 10.6. The molecular weight excluding hydrogens is 268 g/mol. The van der Waals surface area contributed by atoms with Crippen molar-refractivity contribution in [3.63, 3.8) is 0 Å². The van der Waals surface area contributed by atoms with Gasteiger partial charge in [-0.1, -0.05) is 6.07 Å². The highest BCUT2D eigenvalue weighted by molar-refractivity contribution is 7.12. The molecule has 0 saturated carbocycles. The molecule has 0 fully saturated rings. The zero-order valence-corrected chi connectivity index (χ0v) is 11.4. The summed E-state index contributed by atoms with van der Waals surface area (Å²) < 4.78 is 25.9. The maximum absolute atomic E-state index is 13.1. The molecule has 1 amide bonds. The fraction of sp³-hybridized carbons (Fsp3) is 0.214. The van der Waals surface area contributed by atoms with E-state index in [9.17, 15) is 13.6 Å². The lowest BCUT2D eigenvalue weighted by atomic mass is 10.2. The number of amides is 1. The first-order valence-corrected chi connectivity index (χ1v) is 6.60. The van der Waals surface area contributed by atoms with Crippen LogP contribution >= 0.6 is 11.3 Å². The smallest absolute Gasteiger partial charge is 0.264 e. The van der Waals surface area contributed by atoms with Crippen LogP contribution in [0.25, 0.3) is 0 Å². The second-order valence-corrected chi connectivity index (χ2v) is 5.26. The van der Waals surface area contributed by atoms with Crippen molar-refractivity contribution >= 4 is 17.2 Å². The van der Waals surface area contributed by atoms with Crippen LogP contribution in [0.3, 0.4) is 0 Å². The third-order valence-corrected chi connectivity index (χ3v) is 3.81. The van der Waals surface area contributed by atoms with Gasteiger partial charge in [0.05, 0.1) is 4.88 Å². The summed E-state index contributed by atoms with van der Waals surface area (Å²) in [6, 6.07) is 5.53. The van der Waals surface area contributed by atoms with E-state index in [1.165, 1.54) is 22.3 Å². The third kappa shape index (κ3) is 2.98. The van der Waals surface area contributed by atoms with Crippen molar-refractivity contribution in [1.29, 1.82) is 0 Å². The predicted octanol–water partition coefficient (Wildman–Crippen LogP) is 3.61. The van der Waals surface area contributed by atoms with Gasteiger partial charge in [-0.25, -0.2) is 8.78 Å². The average Bonchev–Trinajstić information content (AvgIpc) is 2.79. The van der Waals surface area contributed by atoms with Gasteiger partial charge in [0.1, 0.15) is 0 Å². The van der Waals surface area contributed by atoms with E-state index in [2.05, 4.69) is 0 Å². The van der Waals surface area contributed by atoms with Crippen LogP contribution in [0.5, 0.6) is 0 Å². The Labute approximate surface area is 114 Å². The molecule has 0 saturated heterocycles. The van der Waals surface area contributed by atoms with E-state index < -0.39 is 11.6 Å². The number of aryl methyl sites for hydroxylation is 1. The molecule has 0 aliphatic rings. The van der Waals surface area contributed by atoms with Crippen LogP contribution in [-0.2, 0) is 6.54 Å². The first-order valence-electron chi connectivity index (χ1n) is 5.72. The number of nitrogens with zero attached hydrogens (tertiary/aromatic N) is 1. The minimum absolute atomic E-state index is 0.114. The molecule has 0 atom stereocenters. The van der Waals surface area contributed by atoms with Gasteiger partial charge in [0, 0.05) is 13.6 Å². The van der Waals surface area contributed by atoms with Crippen molar-refractivity contribution in [1.82, 2.24) is 4.90 Å². The van der Waals surface area contributed by atoms with Crippen molar-refractivity contribution < 1.29 is 13.6 Å². The molecule has 1 heterocycles. The summed E-state index contributed by atoms with van der Waals surface area (Å²) in [4.78, 5) is 14.3. The number of benzene rings is 1. The Morgan fingerprint density at radius 3 is 2.58 bits per heavy atom. The minimum Gasteiger partial charge on any atom is -0.337 e. The Bertz CT molecular complexity index is 609. The molecule has 0 N–H and O–H groups in total. The van der Waals surface area contributed by atoms with Gasteiger partial charge in [-0.05, 0) is 41.6 Å². The quantitative estimate of drug-likeness (QED) is 0.841. The number of rotatable bonds is 3. The molecule has 5 heteroatoms. The topological polar surface area (TPSA) is 20.3 Å². The lowest BCUT2D eigenvalue weighted by Crippen LogP contribution is -2.26. The zero-order chi connectivity index (χ0) is 14.0. The maximum atomic E-state index is 13.1. The number of halogens is 2. The van der Waals surface area contributed by atoms with Crippen molar-refractivity contribution in [2.24, 2.45) is 0 Å². The highest BCUT2D eigenvalue weighted by atomic mass is 32.1. The molecule has 0 aliphatic heterocycles. The SMILES string of the molecule is Cc1ccsc1C(=O)N(C)Cc1ccc(F)c(F)c1. The van der Waals surface area contributed by atoms with Crippen LogP contribution < -0.4 is 0 Å². The summed E-state index contributed by atoms with van der Waals surface area (Å²) in [6.07, 6.45) is 0. The Balaban J connectivity index is 2.13. The lowest BCUT2D eigenvalue weighted by Gasteiger charge is -2.17. The molecule has 0 spiro atoms. The van der Waals surface area contributed by atoms with Crippen LogP contribution in [0, 0.1) is 18.6 Å². The third-order valence-electron chi connectivity index (χ3n) is 2.81. The molecule has 2 aromatic rings. The number of carbonyl (C=O) groups excluding carboxylic acids is 1. The molecule has 2 nitrogen and oxygen atoms in total. The van der Waals surface area contributed by atoms with Crippen LogP contribution in [0.1, 0.15) is 20.8 Å². The van der Waals surface area contributed by atoms with Gasteiger partial charge in [0.15, 0.2) is 11.6 Å². The molecule has 1 aromatic heterocycles. The molecule has 0 bridgehead atoms. The van der Waals surface area contributed by atoms with Crippen molar-refractivity contribution in [2.75, 3.05) is 7.05 Å². The molecule has 0 aliphatic carbocycles. The van der Waals surface area contributed by atoms with E-state index in [0.717, 1.165) is 17.7 Å². The second-order valence-electron chi connectivity index (χ2n) is 4.34. The molecule has 2 rings (SSSR count). The number of thiophene rings is 1. The number of carbonyl (C=O) groups is 1. The van der Waals surface area contributed by atoms with Gasteiger partial charge in [0.25, 0.3) is 5.91 Å². The van der Waals surface area contributed by atoms with E-state index in [0.29, 0.717) is 10.4 Å². The van der Waals surface area contributed by atoms with Gasteiger partial charge in [-0.15, -0.1) is 11.3 Å². The Morgan fingerprint density at radius 1 is 1.26 bits per heavy atom. The molecule has 0 unspecified atom stereocenters. The average molecular weight is 281 g/mol. The van der Waals surface area contributed by atoms with Crippen molar-refractivity contribution in [2.45, 2.75) is 13.5 Å². The second kappa shape index (κ2) is 5.48. The van der Waals surface area contributed by atoms with E-state index in [-0.39, 0.29) is 12.5 Å². The Kier molecular flexibility index (Phi) is 3.95. The Morgan fingerprint density at radius 2 is 2.00 bits per heavy atom. The number of hydrogen-bond acceptors (Lipinski definition) is 2. The van der Waals surface area contributed by atoms with E-state index in [1.54, 1.807) is 7.05 Å².